The average Bonchev–Trinajstić information content (AvgIpc) is 3.24. The van der Waals surface area contributed by atoms with E-state index < -0.39 is 0 Å². The molecule has 33 heavy (non-hydrogen) atoms. The summed E-state index contributed by atoms with van der Waals surface area (Å²) in [5.41, 5.74) is 2.69. The number of amides is 1. The molecule has 0 atom stereocenters. The number of pyridine rings is 1. The molecule has 0 fully saturated rings. The molecule has 2 heterocycles. The maximum absolute atomic E-state index is 13.2. The van der Waals surface area contributed by atoms with Crippen molar-refractivity contribution in [1.29, 1.82) is 0 Å². The fraction of sp³-hybridized carbons (Fsp3) is 0.0370. The van der Waals surface area contributed by atoms with E-state index in [-0.39, 0.29) is 11.8 Å². The summed E-state index contributed by atoms with van der Waals surface area (Å²) in [6.07, 6.45) is 1.79. The van der Waals surface area contributed by atoms with E-state index >= 15 is 0 Å². The Bertz CT molecular complexity index is 1360. The third-order valence-electron chi connectivity index (χ3n) is 5.04. The second-order valence-electron chi connectivity index (χ2n) is 7.38. The predicted molar refractivity (Wildman–Crippen MR) is 127 cm³/mol. The molecule has 0 aliphatic carbocycles. The van der Waals surface area contributed by atoms with Crippen LogP contribution >= 0.6 is 0 Å². The van der Waals surface area contributed by atoms with E-state index in [0.29, 0.717) is 29.1 Å². The van der Waals surface area contributed by atoms with Gasteiger partial charge in [0.15, 0.2) is 0 Å². The normalized spacial score (nSPS) is 10.7. The zero-order chi connectivity index (χ0) is 22.5. The highest BCUT2D eigenvalue weighted by atomic mass is 16.5. The van der Waals surface area contributed by atoms with Gasteiger partial charge >= 0.3 is 0 Å². The summed E-state index contributed by atoms with van der Waals surface area (Å²) in [5.74, 6) is 1.42. The molecule has 6 heteroatoms. The molecule has 0 radical (unpaired) electrons. The van der Waals surface area contributed by atoms with Crippen LogP contribution in [0.25, 0.3) is 5.52 Å². The van der Waals surface area contributed by atoms with Crippen molar-refractivity contribution in [3.05, 3.63) is 120 Å². The van der Waals surface area contributed by atoms with Crippen molar-refractivity contribution in [3.8, 4) is 17.4 Å². The first-order valence-electron chi connectivity index (χ1n) is 10.5. The minimum absolute atomic E-state index is 0.284. The largest absolute Gasteiger partial charge is 0.471 e. The number of aromatic nitrogens is 2. The van der Waals surface area contributed by atoms with Crippen molar-refractivity contribution < 1.29 is 14.3 Å². The van der Waals surface area contributed by atoms with Crippen LogP contribution in [0, 0.1) is 0 Å². The summed E-state index contributed by atoms with van der Waals surface area (Å²) in [6.45, 7) is 0.316. The van der Waals surface area contributed by atoms with Crippen LogP contribution in [-0.2, 0) is 6.61 Å². The molecule has 5 rings (SSSR count). The zero-order valence-electron chi connectivity index (χ0n) is 17.7. The van der Waals surface area contributed by atoms with Gasteiger partial charge in [-0.1, -0.05) is 54.6 Å². The Morgan fingerprint density at radius 3 is 2.21 bits per heavy atom. The molecule has 6 nitrogen and oxygen atoms in total. The predicted octanol–water partition coefficient (Wildman–Crippen LogP) is 5.96. The van der Waals surface area contributed by atoms with Crippen LogP contribution in [0.5, 0.6) is 17.4 Å². The summed E-state index contributed by atoms with van der Waals surface area (Å²) in [6, 6.07) is 32.1. The number of carbonyl (C=O) groups is 1. The number of fused-ring (bicyclic) bond motifs is 1. The van der Waals surface area contributed by atoms with E-state index in [9.17, 15) is 4.79 Å². The monoisotopic (exact) mass is 435 g/mol. The highest BCUT2D eigenvalue weighted by Crippen LogP contribution is 2.26. The van der Waals surface area contributed by atoms with E-state index in [1.54, 1.807) is 22.8 Å². The fourth-order valence-electron chi connectivity index (χ4n) is 3.44. The lowest BCUT2D eigenvalue weighted by Crippen LogP contribution is -2.13. The molecule has 0 spiro atoms. The van der Waals surface area contributed by atoms with Crippen LogP contribution in [0.4, 0.5) is 5.69 Å². The lowest BCUT2D eigenvalue weighted by atomic mass is 10.2. The molecule has 1 amide bonds. The van der Waals surface area contributed by atoms with Gasteiger partial charge in [0.1, 0.15) is 23.7 Å². The lowest BCUT2D eigenvalue weighted by Gasteiger charge is -2.09. The molecule has 1 N–H and O–H groups in total. The number of hydrogen-bond acceptors (Lipinski definition) is 4. The molecule has 162 valence electrons. The Morgan fingerprint density at radius 1 is 0.788 bits per heavy atom. The molecule has 0 saturated heterocycles. The van der Waals surface area contributed by atoms with Gasteiger partial charge in [0.05, 0.1) is 5.52 Å². The third kappa shape index (κ3) is 4.70. The Labute approximate surface area is 191 Å². The summed E-state index contributed by atoms with van der Waals surface area (Å²) in [5, 5.41) is 7.40. The number of carbonyl (C=O) groups excluding carboxylic acids is 1. The Kier molecular flexibility index (Phi) is 5.72. The number of hydrogen-bond donors (Lipinski definition) is 1. The maximum atomic E-state index is 13.2. The second kappa shape index (κ2) is 9.28. The van der Waals surface area contributed by atoms with Gasteiger partial charge in [-0.2, -0.15) is 0 Å². The summed E-state index contributed by atoms with van der Waals surface area (Å²) in [7, 11) is 0. The van der Waals surface area contributed by atoms with Gasteiger partial charge in [-0.15, -0.1) is 5.10 Å². The fourth-order valence-corrected chi connectivity index (χ4v) is 3.44. The van der Waals surface area contributed by atoms with E-state index in [2.05, 4.69) is 10.4 Å². The first kappa shape index (κ1) is 20.3. The van der Waals surface area contributed by atoms with Gasteiger partial charge < -0.3 is 14.8 Å². The van der Waals surface area contributed by atoms with Crippen LogP contribution in [0.15, 0.2) is 109 Å². The van der Waals surface area contributed by atoms with Gasteiger partial charge in [-0.3, -0.25) is 4.79 Å². The molecule has 5 aromatic rings. The first-order valence-corrected chi connectivity index (χ1v) is 10.5. The molecule has 2 aromatic heterocycles. The topological polar surface area (TPSA) is 64.9 Å². The summed E-state index contributed by atoms with van der Waals surface area (Å²) >= 11 is 0. The molecule has 3 aromatic carbocycles. The van der Waals surface area contributed by atoms with Gasteiger partial charge in [-0.05, 0) is 54.1 Å². The molecular weight excluding hydrogens is 414 g/mol. The first-order chi connectivity index (χ1) is 16.3. The number of rotatable bonds is 7. The number of nitrogens with zero attached hydrogens (tertiary/aromatic N) is 2. The lowest BCUT2D eigenvalue weighted by molar-refractivity contribution is 0.102. The minimum atomic E-state index is -0.295. The Morgan fingerprint density at radius 2 is 1.45 bits per heavy atom. The van der Waals surface area contributed by atoms with Gasteiger partial charge in [-0.25, -0.2) is 4.52 Å². The number of benzene rings is 3. The highest BCUT2D eigenvalue weighted by molar-refractivity contribution is 6.10. The SMILES string of the molecule is O=C(Nc1ccc(Oc2ccccc2)cc1)c1c(OCc2ccccc2)nn2ccccc12. The third-order valence-corrected chi connectivity index (χ3v) is 5.04. The molecular formula is C27H21N3O3. The molecule has 0 bridgehead atoms. The van der Waals surface area contributed by atoms with Crippen LogP contribution < -0.4 is 14.8 Å². The van der Waals surface area contributed by atoms with E-state index in [4.69, 9.17) is 9.47 Å². The van der Waals surface area contributed by atoms with Crippen LogP contribution in [0.1, 0.15) is 15.9 Å². The standard InChI is InChI=1S/C27H21N3O3/c31-26(28-21-14-16-23(17-15-21)33-22-11-5-2-6-12-22)25-24-13-7-8-18-30(24)29-27(25)32-19-20-9-3-1-4-10-20/h1-18H,19H2,(H,28,31). The zero-order valence-corrected chi connectivity index (χ0v) is 17.7. The van der Waals surface area contributed by atoms with E-state index in [1.807, 2.05) is 91.0 Å². The van der Waals surface area contributed by atoms with Gasteiger partial charge in [0.2, 0.25) is 5.88 Å². The van der Waals surface area contributed by atoms with Gasteiger partial charge in [0.25, 0.3) is 5.91 Å². The quantitative estimate of drug-likeness (QED) is 0.343. The number of para-hydroxylation sites is 1. The van der Waals surface area contributed by atoms with Crippen molar-refractivity contribution in [3.63, 3.8) is 0 Å². The summed E-state index contributed by atoms with van der Waals surface area (Å²) < 4.78 is 13.4. The molecule has 0 saturated carbocycles. The van der Waals surface area contributed by atoms with Crippen molar-refractivity contribution in [1.82, 2.24) is 9.61 Å². The smallest absolute Gasteiger partial charge is 0.263 e. The number of nitrogens with one attached hydrogen (secondary N) is 1. The van der Waals surface area contributed by atoms with Crippen molar-refractivity contribution in [2.24, 2.45) is 0 Å². The summed E-state index contributed by atoms with van der Waals surface area (Å²) in [4.78, 5) is 13.2. The minimum Gasteiger partial charge on any atom is -0.471 e. The van der Waals surface area contributed by atoms with Crippen molar-refractivity contribution in [2.75, 3.05) is 5.32 Å². The number of anilines is 1. The average molecular weight is 435 g/mol. The molecule has 0 aliphatic heterocycles. The van der Waals surface area contributed by atoms with E-state index in [0.717, 1.165) is 11.3 Å². The molecule has 0 unspecified atom stereocenters. The van der Waals surface area contributed by atoms with Crippen molar-refractivity contribution >= 4 is 17.1 Å². The van der Waals surface area contributed by atoms with Gasteiger partial charge in [0, 0.05) is 11.9 Å². The Balaban J connectivity index is 1.35. The highest BCUT2D eigenvalue weighted by Gasteiger charge is 2.21. The number of ether oxygens (including phenoxy) is 2. The van der Waals surface area contributed by atoms with Crippen molar-refractivity contribution in [2.45, 2.75) is 6.61 Å². The molecule has 0 aliphatic rings. The van der Waals surface area contributed by atoms with Crippen LogP contribution in [-0.4, -0.2) is 15.5 Å². The van der Waals surface area contributed by atoms with Crippen LogP contribution in [0.3, 0.4) is 0 Å². The Hall–Kier alpha value is -4.58. The second-order valence-corrected chi connectivity index (χ2v) is 7.38. The van der Waals surface area contributed by atoms with Crippen LogP contribution in [0.2, 0.25) is 0 Å². The van der Waals surface area contributed by atoms with E-state index in [1.165, 1.54) is 0 Å². The maximum Gasteiger partial charge on any atom is 0.263 e.